The molecule has 10 heavy (non-hydrogen) atoms. The average Bonchev–Trinajstić information content (AvgIpc) is 1.89. The van der Waals surface area contributed by atoms with E-state index in [-0.39, 0.29) is 0 Å². The molecule has 0 amide bonds. The summed E-state index contributed by atoms with van der Waals surface area (Å²) in [5.41, 5.74) is 2.35. The van der Waals surface area contributed by atoms with Gasteiger partial charge in [-0.05, 0) is 0 Å². The molecule has 0 heterocycles. The molecule has 0 aliphatic carbocycles. The molecular weight excluding hydrogens is 183 g/mol. The summed E-state index contributed by atoms with van der Waals surface area (Å²) >= 11 is -1.52. The van der Waals surface area contributed by atoms with Crippen LogP contribution in [0.5, 0.6) is 0 Å². The predicted octanol–water partition coefficient (Wildman–Crippen LogP) is 3.06. The second kappa shape index (κ2) is 4.86. The molecule has 0 saturated carbocycles. The van der Waals surface area contributed by atoms with Crippen molar-refractivity contribution >= 4 is 13.6 Å². The van der Waals surface area contributed by atoms with Gasteiger partial charge in [0.15, 0.2) is 0 Å². The summed E-state index contributed by atoms with van der Waals surface area (Å²) in [6.07, 6.45) is 8.05. The van der Waals surface area contributed by atoms with Gasteiger partial charge in [0.25, 0.3) is 0 Å². The molecular formula is C9H18As+. The van der Waals surface area contributed by atoms with E-state index in [2.05, 4.69) is 24.3 Å². The Balaban J connectivity index is 3.85. The Hall–Kier alpha value is 0.118. The Morgan fingerprint density at radius 1 is 1.20 bits per heavy atom. The molecule has 0 saturated heterocycles. The van der Waals surface area contributed by atoms with E-state index in [0.717, 1.165) is 0 Å². The molecule has 0 fully saturated rings. The van der Waals surface area contributed by atoms with Crippen LogP contribution in [0.1, 0.15) is 26.7 Å². The third-order valence-corrected chi connectivity index (χ3v) is 9.07. The first-order chi connectivity index (χ1) is 4.68. The Kier molecular flexibility index (Phi) is 4.92. The van der Waals surface area contributed by atoms with Crippen LogP contribution >= 0.6 is 0 Å². The Morgan fingerprint density at radius 2 is 1.60 bits per heavy atom. The van der Waals surface area contributed by atoms with Gasteiger partial charge in [0.1, 0.15) is 0 Å². The van der Waals surface area contributed by atoms with E-state index in [1.165, 1.54) is 23.3 Å². The van der Waals surface area contributed by atoms with Crippen molar-refractivity contribution < 1.29 is 0 Å². The van der Waals surface area contributed by atoms with Crippen LogP contribution in [-0.2, 0) is 0 Å². The van der Waals surface area contributed by atoms with Gasteiger partial charge in [-0.25, -0.2) is 0 Å². The number of hydrogen-bond acceptors (Lipinski definition) is 0. The van der Waals surface area contributed by atoms with Crippen molar-refractivity contribution in [1.29, 1.82) is 0 Å². The Labute approximate surface area is 67.8 Å². The van der Waals surface area contributed by atoms with Crippen LogP contribution in [0.3, 0.4) is 0 Å². The fourth-order valence-corrected chi connectivity index (χ4v) is 6.38. The standard InChI is InChI=1S/C9H18As/c1-5-8-10(4,7-3)9-6-2/h3H,5-6,8-9H2,1-2,4H3/q+1. The van der Waals surface area contributed by atoms with Gasteiger partial charge in [0.2, 0.25) is 0 Å². The Bertz CT molecular complexity index is 115. The van der Waals surface area contributed by atoms with E-state index in [4.69, 9.17) is 6.42 Å². The van der Waals surface area contributed by atoms with Gasteiger partial charge >= 0.3 is 67.5 Å². The summed E-state index contributed by atoms with van der Waals surface area (Å²) in [6.45, 7) is 4.46. The van der Waals surface area contributed by atoms with Crippen LogP contribution < -0.4 is 0 Å². The van der Waals surface area contributed by atoms with E-state index in [1.54, 1.807) is 0 Å². The normalized spacial score (nSPS) is 11.0. The summed E-state index contributed by atoms with van der Waals surface area (Å²) in [4.78, 5) is 0. The van der Waals surface area contributed by atoms with E-state index in [9.17, 15) is 0 Å². The van der Waals surface area contributed by atoms with Crippen molar-refractivity contribution in [2.24, 2.45) is 0 Å². The fourth-order valence-electron chi connectivity index (χ4n) is 1.23. The average molecular weight is 201 g/mol. The molecule has 0 N–H and O–H groups in total. The molecule has 0 aromatic heterocycles. The maximum atomic E-state index is 5.51. The summed E-state index contributed by atoms with van der Waals surface area (Å²) in [5.74, 6) is 0. The first-order valence-corrected chi connectivity index (χ1v) is 9.47. The van der Waals surface area contributed by atoms with Gasteiger partial charge in [-0.15, -0.1) is 0 Å². The molecule has 0 bridgehead atoms. The van der Waals surface area contributed by atoms with Crippen LogP contribution in [-0.4, -0.2) is 13.6 Å². The molecule has 1 heteroatoms. The molecule has 0 aromatic carbocycles. The van der Waals surface area contributed by atoms with Crippen molar-refractivity contribution in [2.75, 3.05) is 0 Å². The molecule has 58 valence electrons. The first kappa shape index (κ1) is 10.1. The van der Waals surface area contributed by atoms with E-state index in [1.807, 2.05) is 0 Å². The molecule has 0 nitrogen and oxygen atoms in total. The fraction of sp³-hybridized carbons (Fsp3) is 0.778. The zero-order valence-electron chi connectivity index (χ0n) is 7.35. The van der Waals surface area contributed by atoms with Gasteiger partial charge in [-0.1, -0.05) is 0 Å². The molecule has 0 unspecified atom stereocenters. The Morgan fingerprint density at radius 3 is 1.80 bits per heavy atom. The molecule has 0 spiro atoms. The van der Waals surface area contributed by atoms with Gasteiger partial charge in [-0.3, -0.25) is 0 Å². The SMILES string of the molecule is C#C[As+](C)(CCC)CCC. The van der Waals surface area contributed by atoms with Crippen molar-refractivity contribution in [3.05, 3.63) is 0 Å². The second-order valence-electron chi connectivity index (χ2n) is 2.97. The summed E-state index contributed by atoms with van der Waals surface area (Å²) in [5, 5.41) is 2.67. The van der Waals surface area contributed by atoms with Crippen LogP contribution in [0.2, 0.25) is 16.1 Å². The third kappa shape index (κ3) is 3.33. The van der Waals surface area contributed by atoms with Crippen LogP contribution in [0.25, 0.3) is 0 Å². The molecule has 0 rings (SSSR count). The van der Waals surface area contributed by atoms with E-state index in [0.29, 0.717) is 0 Å². The topological polar surface area (TPSA) is 0 Å². The maximum absolute atomic E-state index is 5.51. The minimum absolute atomic E-state index is 1.27. The van der Waals surface area contributed by atoms with Gasteiger partial charge in [0.05, 0.1) is 0 Å². The molecule has 0 aromatic rings. The second-order valence-corrected chi connectivity index (χ2v) is 11.2. The van der Waals surface area contributed by atoms with Crippen LogP contribution in [0.4, 0.5) is 0 Å². The predicted molar refractivity (Wildman–Crippen MR) is 50.6 cm³/mol. The summed E-state index contributed by atoms with van der Waals surface area (Å²) in [7, 11) is 0. The molecule has 0 aliphatic rings. The van der Waals surface area contributed by atoms with Crippen LogP contribution in [0, 0.1) is 11.1 Å². The molecule has 0 radical (unpaired) electrons. The first-order valence-electron chi connectivity index (χ1n) is 4.01. The van der Waals surface area contributed by atoms with Gasteiger partial charge < -0.3 is 0 Å². The number of terminal acetylenes is 1. The summed E-state index contributed by atoms with van der Waals surface area (Å²) < 4.78 is 3.05. The number of rotatable bonds is 4. The quantitative estimate of drug-likeness (QED) is 0.484. The van der Waals surface area contributed by atoms with E-state index < -0.39 is 13.6 Å². The van der Waals surface area contributed by atoms with E-state index >= 15 is 0 Å². The van der Waals surface area contributed by atoms with Gasteiger partial charge in [-0.2, -0.15) is 0 Å². The third-order valence-electron chi connectivity index (χ3n) is 1.75. The molecule has 0 atom stereocenters. The monoisotopic (exact) mass is 201 g/mol. The van der Waals surface area contributed by atoms with Crippen molar-refractivity contribution in [3.8, 4) is 11.1 Å². The van der Waals surface area contributed by atoms with Crippen LogP contribution in [0.15, 0.2) is 0 Å². The number of hydrogen-bond donors (Lipinski definition) is 0. The molecule has 0 aliphatic heterocycles. The van der Waals surface area contributed by atoms with Crippen molar-refractivity contribution in [2.45, 2.75) is 42.8 Å². The van der Waals surface area contributed by atoms with Gasteiger partial charge in [0, 0.05) is 0 Å². The van der Waals surface area contributed by atoms with Crippen molar-refractivity contribution in [1.82, 2.24) is 0 Å². The minimum atomic E-state index is -1.52. The zero-order chi connectivity index (χ0) is 8.04. The van der Waals surface area contributed by atoms with Crippen molar-refractivity contribution in [3.63, 3.8) is 0 Å². The zero-order valence-corrected chi connectivity index (χ0v) is 9.23. The summed E-state index contributed by atoms with van der Waals surface area (Å²) in [6, 6.07) is 0.